The maximum atomic E-state index is 11.4. The Morgan fingerprint density at radius 1 is 1.06 bits per heavy atom. The first-order valence-corrected chi connectivity index (χ1v) is 12.1. The predicted molar refractivity (Wildman–Crippen MR) is 133 cm³/mol. The standard InChI is InChI=1S/C28H37NO5/c1-18(2)32-24-12-11-21(17-25(24)31-6)20(5)29-15-13-28(14-16-29)27(30)26(33-19(3)4)22-9-7-8-10-23(22)34-28/h7-12,17-19,26-27,30H,5,13-16H2,1-4,6H3. The van der Waals surface area contributed by atoms with E-state index in [1.165, 1.54) is 0 Å². The first kappa shape index (κ1) is 24.4. The van der Waals surface area contributed by atoms with E-state index in [4.69, 9.17) is 18.9 Å². The number of hydrogen-bond acceptors (Lipinski definition) is 6. The molecule has 0 aromatic heterocycles. The lowest BCUT2D eigenvalue weighted by atomic mass is 9.78. The first-order valence-electron chi connectivity index (χ1n) is 12.1. The lowest BCUT2D eigenvalue weighted by Crippen LogP contribution is -2.59. The molecule has 2 aliphatic heterocycles. The molecule has 1 saturated heterocycles. The van der Waals surface area contributed by atoms with E-state index in [0.29, 0.717) is 18.6 Å². The summed E-state index contributed by atoms with van der Waals surface area (Å²) in [5, 5.41) is 11.4. The van der Waals surface area contributed by atoms with E-state index >= 15 is 0 Å². The minimum absolute atomic E-state index is 0.000324. The Morgan fingerprint density at radius 3 is 2.41 bits per heavy atom. The van der Waals surface area contributed by atoms with E-state index in [1.807, 2.05) is 70.2 Å². The van der Waals surface area contributed by atoms with Gasteiger partial charge in [-0.25, -0.2) is 0 Å². The zero-order valence-corrected chi connectivity index (χ0v) is 20.9. The molecule has 0 radical (unpaired) electrons. The minimum atomic E-state index is -0.743. The molecule has 2 aromatic rings. The second-order valence-corrected chi connectivity index (χ2v) is 9.72. The molecule has 2 unspecified atom stereocenters. The SMILES string of the molecule is C=C(c1ccc(OC(C)C)c(OC)c1)N1CCC2(CC1)Oc1ccccc1C(OC(C)C)C2O. The van der Waals surface area contributed by atoms with Crippen LogP contribution in [0.25, 0.3) is 5.70 Å². The molecule has 0 saturated carbocycles. The van der Waals surface area contributed by atoms with Gasteiger partial charge in [0.1, 0.15) is 23.6 Å². The number of nitrogens with zero attached hydrogens (tertiary/aromatic N) is 1. The summed E-state index contributed by atoms with van der Waals surface area (Å²) in [5.74, 6) is 2.22. The molecule has 34 heavy (non-hydrogen) atoms. The highest BCUT2D eigenvalue weighted by molar-refractivity contribution is 5.65. The molecule has 1 fully saturated rings. The second-order valence-electron chi connectivity index (χ2n) is 9.72. The molecule has 6 nitrogen and oxygen atoms in total. The van der Waals surface area contributed by atoms with Crippen LogP contribution in [0.3, 0.4) is 0 Å². The number of ether oxygens (including phenoxy) is 4. The van der Waals surface area contributed by atoms with Gasteiger partial charge in [0.2, 0.25) is 0 Å². The highest BCUT2D eigenvalue weighted by Gasteiger charge is 2.51. The average molecular weight is 468 g/mol. The van der Waals surface area contributed by atoms with Crippen LogP contribution in [0.15, 0.2) is 49.0 Å². The smallest absolute Gasteiger partial charge is 0.161 e. The van der Waals surface area contributed by atoms with Crippen molar-refractivity contribution in [3.05, 3.63) is 60.2 Å². The summed E-state index contributed by atoms with van der Waals surface area (Å²) >= 11 is 0. The Bertz CT molecular complexity index is 1010. The summed E-state index contributed by atoms with van der Waals surface area (Å²) in [4.78, 5) is 2.25. The number of benzene rings is 2. The van der Waals surface area contributed by atoms with Crippen molar-refractivity contribution in [2.45, 2.75) is 70.6 Å². The molecule has 0 aliphatic carbocycles. The molecule has 2 aliphatic rings. The Labute approximate surface area is 203 Å². The Morgan fingerprint density at radius 2 is 1.76 bits per heavy atom. The topological polar surface area (TPSA) is 60.4 Å². The van der Waals surface area contributed by atoms with Gasteiger partial charge in [-0.3, -0.25) is 0 Å². The van der Waals surface area contributed by atoms with Crippen molar-refractivity contribution in [3.63, 3.8) is 0 Å². The normalized spacial score (nSPS) is 21.4. The van der Waals surface area contributed by atoms with Crippen molar-refractivity contribution in [1.29, 1.82) is 0 Å². The molecule has 0 amide bonds. The third kappa shape index (κ3) is 4.75. The fourth-order valence-electron chi connectivity index (χ4n) is 4.91. The molecule has 2 heterocycles. The molecule has 1 spiro atoms. The third-order valence-electron chi connectivity index (χ3n) is 6.63. The molecule has 2 aromatic carbocycles. The quantitative estimate of drug-likeness (QED) is 0.603. The summed E-state index contributed by atoms with van der Waals surface area (Å²) in [6, 6.07) is 13.8. The summed E-state index contributed by atoms with van der Waals surface area (Å²) in [5.41, 5.74) is 2.14. The van der Waals surface area contributed by atoms with Gasteiger partial charge in [-0.05, 0) is 52.0 Å². The van der Waals surface area contributed by atoms with Crippen molar-refractivity contribution in [3.8, 4) is 17.2 Å². The van der Waals surface area contributed by atoms with E-state index in [2.05, 4.69) is 11.5 Å². The van der Waals surface area contributed by atoms with Gasteiger partial charge in [0.05, 0.1) is 19.3 Å². The van der Waals surface area contributed by atoms with Gasteiger partial charge in [0.25, 0.3) is 0 Å². The number of para-hydroxylation sites is 1. The van der Waals surface area contributed by atoms with E-state index in [-0.39, 0.29) is 12.2 Å². The number of piperidine rings is 1. The highest BCUT2D eigenvalue weighted by Crippen LogP contribution is 2.47. The van der Waals surface area contributed by atoms with Crippen molar-refractivity contribution in [1.82, 2.24) is 4.90 Å². The third-order valence-corrected chi connectivity index (χ3v) is 6.63. The zero-order valence-electron chi connectivity index (χ0n) is 20.9. The summed E-state index contributed by atoms with van der Waals surface area (Å²) < 4.78 is 24.1. The van der Waals surface area contributed by atoms with Crippen LogP contribution < -0.4 is 14.2 Å². The monoisotopic (exact) mass is 467 g/mol. The van der Waals surface area contributed by atoms with Gasteiger partial charge in [0, 0.05) is 42.8 Å². The average Bonchev–Trinajstić information content (AvgIpc) is 2.82. The van der Waals surface area contributed by atoms with Crippen LogP contribution in [0.5, 0.6) is 17.2 Å². The minimum Gasteiger partial charge on any atom is -0.493 e. The zero-order chi connectivity index (χ0) is 24.5. The Kier molecular flexibility index (Phi) is 7.10. The lowest BCUT2D eigenvalue weighted by molar-refractivity contribution is -0.173. The molecule has 184 valence electrons. The molecule has 6 heteroatoms. The van der Waals surface area contributed by atoms with Gasteiger partial charge in [-0.15, -0.1) is 0 Å². The van der Waals surface area contributed by atoms with Crippen LogP contribution in [0.4, 0.5) is 0 Å². The number of aliphatic hydroxyl groups is 1. The number of fused-ring (bicyclic) bond motifs is 1. The van der Waals surface area contributed by atoms with Gasteiger partial charge in [-0.2, -0.15) is 0 Å². The van der Waals surface area contributed by atoms with Crippen LogP contribution in [0.1, 0.15) is 57.8 Å². The molecule has 2 atom stereocenters. The molecular weight excluding hydrogens is 430 g/mol. The number of likely N-dealkylation sites (tertiary alicyclic amines) is 1. The van der Waals surface area contributed by atoms with E-state index < -0.39 is 17.8 Å². The van der Waals surface area contributed by atoms with Crippen LogP contribution >= 0.6 is 0 Å². The first-order chi connectivity index (χ1) is 16.2. The summed E-state index contributed by atoms with van der Waals surface area (Å²) in [7, 11) is 1.65. The van der Waals surface area contributed by atoms with Crippen LogP contribution in [-0.2, 0) is 4.74 Å². The van der Waals surface area contributed by atoms with E-state index in [9.17, 15) is 5.11 Å². The van der Waals surface area contributed by atoms with Gasteiger partial charge in [0.15, 0.2) is 11.5 Å². The van der Waals surface area contributed by atoms with Crippen molar-refractivity contribution < 1.29 is 24.1 Å². The summed E-state index contributed by atoms with van der Waals surface area (Å²) in [6.45, 7) is 13.8. The van der Waals surface area contributed by atoms with E-state index in [0.717, 1.165) is 41.4 Å². The van der Waals surface area contributed by atoms with Crippen LogP contribution in [0.2, 0.25) is 0 Å². The maximum Gasteiger partial charge on any atom is 0.161 e. The molecular formula is C28H37NO5. The second kappa shape index (κ2) is 9.88. The molecule has 1 N–H and O–H groups in total. The van der Waals surface area contributed by atoms with Gasteiger partial charge < -0.3 is 29.0 Å². The number of aliphatic hydroxyl groups excluding tert-OH is 1. The summed E-state index contributed by atoms with van der Waals surface area (Å²) in [6.07, 6.45) is 0.262. The van der Waals surface area contributed by atoms with Crippen molar-refractivity contribution in [2.75, 3.05) is 20.2 Å². The predicted octanol–water partition coefficient (Wildman–Crippen LogP) is 5.21. The molecule has 4 rings (SSSR count). The molecule has 0 bridgehead atoms. The van der Waals surface area contributed by atoms with Gasteiger partial charge in [-0.1, -0.05) is 24.8 Å². The number of rotatable bonds is 7. The number of methoxy groups -OCH3 is 1. The number of hydrogen-bond donors (Lipinski definition) is 1. The van der Waals surface area contributed by atoms with Gasteiger partial charge >= 0.3 is 0 Å². The maximum absolute atomic E-state index is 11.4. The Balaban J connectivity index is 1.51. The lowest BCUT2D eigenvalue weighted by Gasteiger charge is -2.50. The van der Waals surface area contributed by atoms with Crippen LogP contribution in [0, 0.1) is 0 Å². The van der Waals surface area contributed by atoms with Crippen molar-refractivity contribution in [2.24, 2.45) is 0 Å². The fraction of sp³-hybridized carbons (Fsp3) is 0.500. The van der Waals surface area contributed by atoms with Crippen molar-refractivity contribution >= 4 is 5.70 Å². The Hall–Kier alpha value is -2.70. The highest BCUT2D eigenvalue weighted by atomic mass is 16.5. The van der Waals surface area contributed by atoms with Crippen LogP contribution in [-0.4, -0.2) is 54.1 Å². The fourth-order valence-corrected chi connectivity index (χ4v) is 4.91. The van der Waals surface area contributed by atoms with E-state index in [1.54, 1.807) is 7.11 Å². The largest absolute Gasteiger partial charge is 0.493 e.